The van der Waals surface area contributed by atoms with Gasteiger partial charge in [-0.2, -0.15) is 0 Å². The van der Waals surface area contributed by atoms with Crippen molar-refractivity contribution in [3.63, 3.8) is 0 Å². The third kappa shape index (κ3) is 2.63. The molecule has 0 bridgehead atoms. The minimum atomic E-state index is -0.245. The average molecular weight is 258 g/mol. The van der Waals surface area contributed by atoms with Crippen LogP contribution in [0, 0.1) is 0 Å². The van der Waals surface area contributed by atoms with Crippen molar-refractivity contribution >= 4 is 5.57 Å². The number of allylic oxidation sites excluding steroid dienone is 2. The molecule has 1 aliphatic rings. The van der Waals surface area contributed by atoms with Crippen LogP contribution in [0.15, 0.2) is 48.7 Å². The molecule has 3 N–H and O–H groups in total. The number of ether oxygens (including phenoxy) is 2. The van der Waals surface area contributed by atoms with E-state index in [0.29, 0.717) is 11.5 Å². The van der Waals surface area contributed by atoms with Gasteiger partial charge in [0, 0.05) is 0 Å². The number of methoxy groups -OCH3 is 2. The first-order valence-electron chi connectivity index (χ1n) is 5.97. The smallest absolute Gasteiger partial charge is 0.161 e. The summed E-state index contributed by atoms with van der Waals surface area (Å²) in [5, 5.41) is 3.05. The number of rotatable bonds is 4. The van der Waals surface area contributed by atoms with Crippen molar-refractivity contribution < 1.29 is 9.47 Å². The van der Waals surface area contributed by atoms with Crippen LogP contribution in [0.3, 0.4) is 0 Å². The lowest BCUT2D eigenvalue weighted by Gasteiger charge is -2.21. The number of nitrogens with one attached hydrogen (secondary N) is 1. The van der Waals surface area contributed by atoms with Gasteiger partial charge in [-0.15, -0.1) is 0 Å². The number of nitrogens with two attached hydrogens (primary N) is 1. The van der Waals surface area contributed by atoms with E-state index in [1.807, 2.05) is 36.6 Å². The van der Waals surface area contributed by atoms with Crippen LogP contribution in [0.1, 0.15) is 5.56 Å². The fraction of sp³-hybridized carbons (Fsp3) is 0.200. The van der Waals surface area contributed by atoms with Crippen LogP contribution in [-0.4, -0.2) is 20.4 Å². The largest absolute Gasteiger partial charge is 0.493 e. The number of hydrogen-bond donors (Lipinski definition) is 2. The van der Waals surface area contributed by atoms with Gasteiger partial charge in [0.15, 0.2) is 11.5 Å². The number of hydrogen-bond acceptors (Lipinski definition) is 4. The van der Waals surface area contributed by atoms with Gasteiger partial charge in [-0.1, -0.05) is 18.7 Å². The third-order valence-electron chi connectivity index (χ3n) is 3.06. The maximum atomic E-state index is 6.00. The summed E-state index contributed by atoms with van der Waals surface area (Å²) >= 11 is 0. The van der Waals surface area contributed by atoms with Gasteiger partial charge in [0.2, 0.25) is 0 Å². The third-order valence-corrected chi connectivity index (χ3v) is 3.06. The highest BCUT2D eigenvalue weighted by molar-refractivity contribution is 5.80. The molecule has 1 heterocycles. The van der Waals surface area contributed by atoms with Crippen LogP contribution >= 0.6 is 0 Å². The van der Waals surface area contributed by atoms with Gasteiger partial charge in [-0.25, -0.2) is 0 Å². The second-order valence-electron chi connectivity index (χ2n) is 4.17. The van der Waals surface area contributed by atoms with E-state index >= 15 is 0 Å². The molecule has 4 nitrogen and oxygen atoms in total. The van der Waals surface area contributed by atoms with Gasteiger partial charge < -0.3 is 20.5 Å². The lowest BCUT2D eigenvalue weighted by Crippen LogP contribution is -2.37. The molecule has 1 aromatic rings. The zero-order valence-electron chi connectivity index (χ0n) is 11.1. The Bertz CT molecular complexity index is 547. The first kappa shape index (κ1) is 13.2. The fourth-order valence-electron chi connectivity index (χ4n) is 1.98. The topological polar surface area (TPSA) is 56.5 Å². The lowest BCUT2D eigenvalue weighted by atomic mass is 9.96. The summed E-state index contributed by atoms with van der Waals surface area (Å²) in [6.45, 7) is 4.11. The van der Waals surface area contributed by atoms with Crippen LogP contribution < -0.4 is 20.5 Å². The Morgan fingerprint density at radius 1 is 1.26 bits per heavy atom. The molecule has 0 aliphatic carbocycles. The number of benzene rings is 1. The van der Waals surface area contributed by atoms with Crippen molar-refractivity contribution in [1.29, 1.82) is 0 Å². The summed E-state index contributed by atoms with van der Waals surface area (Å²) in [6.07, 6.45) is 5.44. The van der Waals surface area contributed by atoms with Crippen LogP contribution in [-0.2, 0) is 0 Å². The maximum absolute atomic E-state index is 6.00. The highest BCUT2D eigenvalue weighted by atomic mass is 16.5. The Labute approximate surface area is 113 Å². The van der Waals surface area contributed by atoms with Crippen LogP contribution in [0.5, 0.6) is 11.5 Å². The van der Waals surface area contributed by atoms with Gasteiger partial charge in [0.05, 0.1) is 14.2 Å². The molecule has 0 aromatic heterocycles. The fourth-order valence-corrected chi connectivity index (χ4v) is 1.98. The van der Waals surface area contributed by atoms with Crippen molar-refractivity contribution in [3.05, 3.63) is 54.3 Å². The molecule has 1 unspecified atom stereocenters. The Hall–Kier alpha value is -2.20. The lowest BCUT2D eigenvalue weighted by molar-refractivity contribution is 0.355. The van der Waals surface area contributed by atoms with Crippen LogP contribution in [0.25, 0.3) is 5.57 Å². The molecule has 19 heavy (non-hydrogen) atoms. The number of dihydropyridines is 1. The van der Waals surface area contributed by atoms with E-state index in [1.54, 1.807) is 14.2 Å². The molecule has 100 valence electrons. The van der Waals surface area contributed by atoms with Gasteiger partial charge in [0.1, 0.15) is 6.17 Å². The van der Waals surface area contributed by atoms with Gasteiger partial charge in [-0.05, 0) is 41.1 Å². The van der Waals surface area contributed by atoms with Gasteiger partial charge >= 0.3 is 0 Å². The first-order chi connectivity index (χ1) is 9.17. The highest BCUT2D eigenvalue weighted by Gasteiger charge is 2.15. The molecule has 0 saturated carbocycles. The minimum Gasteiger partial charge on any atom is -0.493 e. The zero-order valence-corrected chi connectivity index (χ0v) is 11.1. The van der Waals surface area contributed by atoms with Crippen molar-refractivity contribution in [2.24, 2.45) is 5.73 Å². The molecule has 2 rings (SSSR count). The summed E-state index contributed by atoms with van der Waals surface area (Å²) in [5.41, 5.74) is 8.77. The summed E-state index contributed by atoms with van der Waals surface area (Å²) in [7, 11) is 3.22. The molecule has 1 atom stereocenters. The van der Waals surface area contributed by atoms with Crippen molar-refractivity contribution in [2.45, 2.75) is 6.17 Å². The second-order valence-corrected chi connectivity index (χ2v) is 4.17. The van der Waals surface area contributed by atoms with Crippen molar-refractivity contribution in [1.82, 2.24) is 5.32 Å². The van der Waals surface area contributed by atoms with E-state index in [-0.39, 0.29) is 6.17 Å². The Kier molecular flexibility index (Phi) is 3.92. The molecule has 0 radical (unpaired) electrons. The Balaban J connectivity index is 2.34. The van der Waals surface area contributed by atoms with E-state index in [0.717, 1.165) is 16.7 Å². The molecular weight excluding hydrogens is 240 g/mol. The average Bonchev–Trinajstić information content (AvgIpc) is 2.46. The van der Waals surface area contributed by atoms with E-state index in [4.69, 9.17) is 15.2 Å². The molecule has 1 aromatic carbocycles. The van der Waals surface area contributed by atoms with E-state index in [1.165, 1.54) is 0 Å². The predicted molar refractivity (Wildman–Crippen MR) is 76.9 cm³/mol. The molecule has 0 spiro atoms. The van der Waals surface area contributed by atoms with E-state index in [2.05, 4.69) is 11.9 Å². The van der Waals surface area contributed by atoms with Crippen LogP contribution in [0.2, 0.25) is 0 Å². The van der Waals surface area contributed by atoms with Crippen molar-refractivity contribution in [3.8, 4) is 11.5 Å². The quantitative estimate of drug-likeness (QED) is 0.867. The van der Waals surface area contributed by atoms with E-state index in [9.17, 15) is 0 Å². The minimum absolute atomic E-state index is 0.245. The summed E-state index contributed by atoms with van der Waals surface area (Å²) in [5.74, 6) is 1.37. The van der Waals surface area contributed by atoms with Gasteiger partial charge in [0.25, 0.3) is 0 Å². The SMILES string of the molecule is C=C(C1=CC=CNC1N)c1ccc(OC)c(OC)c1. The van der Waals surface area contributed by atoms with E-state index < -0.39 is 0 Å². The predicted octanol–water partition coefficient (Wildman–Crippen LogP) is 2.05. The molecule has 0 amide bonds. The summed E-state index contributed by atoms with van der Waals surface area (Å²) in [6, 6.07) is 5.69. The highest BCUT2D eigenvalue weighted by Crippen LogP contribution is 2.32. The van der Waals surface area contributed by atoms with Gasteiger partial charge in [-0.3, -0.25) is 0 Å². The monoisotopic (exact) mass is 258 g/mol. The Morgan fingerprint density at radius 3 is 2.63 bits per heavy atom. The maximum Gasteiger partial charge on any atom is 0.161 e. The molecule has 0 saturated heterocycles. The first-order valence-corrected chi connectivity index (χ1v) is 5.97. The summed E-state index contributed by atoms with van der Waals surface area (Å²) < 4.78 is 10.5. The van der Waals surface area contributed by atoms with Crippen LogP contribution in [0.4, 0.5) is 0 Å². The summed E-state index contributed by atoms with van der Waals surface area (Å²) in [4.78, 5) is 0. The molecule has 4 heteroatoms. The standard InChI is InChI=1S/C15H18N2O2/c1-10(12-5-4-8-17-15(12)16)11-6-7-13(18-2)14(9-11)19-3/h4-9,15,17H,1,16H2,2-3H3. The molecule has 0 fully saturated rings. The second kappa shape index (κ2) is 5.63. The normalized spacial score (nSPS) is 17.4. The molecular formula is C15H18N2O2. The Morgan fingerprint density at radius 2 is 2.00 bits per heavy atom. The molecule has 1 aliphatic heterocycles. The zero-order chi connectivity index (χ0) is 13.8. The van der Waals surface area contributed by atoms with Crippen molar-refractivity contribution in [2.75, 3.05) is 14.2 Å².